The van der Waals surface area contributed by atoms with Gasteiger partial charge in [-0.1, -0.05) is 41.0 Å². The molecular weight excluding hydrogens is 156 g/mol. The van der Waals surface area contributed by atoms with Crippen LogP contribution >= 0.6 is 0 Å². The molecule has 0 spiro atoms. The highest BCUT2D eigenvalue weighted by Crippen LogP contribution is 2.60. The quantitative estimate of drug-likeness (QED) is 0.517. The van der Waals surface area contributed by atoms with Crippen molar-refractivity contribution in [3.8, 4) is 0 Å². The number of hydrogen-bond donors (Lipinski definition) is 0. The van der Waals surface area contributed by atoms with Crippen molar-refractivity contribution >= 4 is 0 Å². The fraction of sp³-hybridized carbons (Fsp3) is 1.00. The van der Waals surface area contributed by atoms with E-state index in [0.29, 0.717) is 5.41 Å². The zero-order valence-electron chi connectivity index (χ0n) is 10.1. The molecule has 3 saturated carbocycles. The Morgan fingerprint density at radius 1 is 1.00 bits per heavy atom. The van der Waals surface area contributed by atoms with E-state index >= 15 is 0 Å². The summed E-state index contributed by atoms with van der Waals surface area (Å²) in [6.07, 6.45) is 5.80. The van der Waals surface area contributed by atoms with Gasteiger partial charge in [-0.15, -0.1) is 0 Å². The standard InChI is InChI=1S/C10H18.C3H8/c1-7-4-8-6-9(5-7)10(8,2)3;1-3-2/h7-9H,4-6H2,1-3H3;3H2,1-2H3. The number of hydrogen-bond acceptors (Lipinski definition) is 0. The van der Waals surface area contributed by atoms with Crippen LogP contribution in [0.1, 0.15) is 60.3 Å². The Bertz CT molecular complexity index is 143. The van der Waals surface area contributed by atoms with Gasteiger partial charge in [0.25, 0.3) is 0 Å². The maximum absolute atomic E-state index is 2.46. The Morgan fingerprint density at radius 3 is 1.62 bits per heavy atom. The first-order chi connectivity index (χ1) is 6.02. The van der Waals surface area contributed by atoms with Gasteiger partial charge >= 0.3 is 0 Å². The first-order valence-electron chi connectivity index (χ1n) is 6.02. The van der Waals surface area contributed by atoms with E-state index in [1.54, 1.807) is 0 Å². The first kappa shape index (κ1) is 11.1. The highest BCUT2D eigenvalue weighted by Gasteiger charge is 2.51. The predicted octanol–water partition coefficient (Wildman–Crippen LogP) is 4.49. The van der Waals surface area contributed by atoms with Crippen molar-refractivity contribution in [1.29, 1.82) is 0 Å². The van der Waals surface area contributed by atoms with E-state index in [4.69, 9.17) is 0 Å². The van der Waals surface area contributed by atoms with Gasteiger partial charge in [0.05, 0.1) is 0 Å². The minimum atomic E-state index is 0.715. The third kappa shape index (κ3) is 2.08. The van der Waals surface area contributed by atoms with E-state index in [1.807, 2.05) is 0 Å². The van der Waals surface area contributed by atoms with Crippen LogP contribution < -0.4 is 0 Å². The van der Waals surface area contributed by atoms with Crippen molar-refractivity contribution in [2.24, 2.45) is 23.2 Å². The molecule has 0 aliphatic heterocycles. The second-order valence-corrected chi connectivity index (χ2v) is 5.73. The highest BCUT2D eigenvalue weighted by atomic mass is 14.6. The van der Waals surface area contributed by atoms with Gasteiger partial charge in [-0.2, -0.15) is 0 Å². The second-order valence-electron chi connectivity index (χ2n) is 5.73. The Morgan fingerprint density at radius 2 is 1.38 bits per heavy atom. The van der Waals surface area contributed by atoms with Crippen molar-refractivity contribution in [3.63, 3.8) is 0 Å². The monoisotopic (exact) mass is 182 g/mol. The topological polar surface area (TPSA) is 0 Å². The van der Waals surface area contributed by atoms with Crippen molar-refractivity contribution < 1.29 is 0 Å². The summed E-state index contributed by atoms with van der Waals surface area (Å²) >= 11 is 0. The molecule has 2 bridgehead atoms. The molecule has 3 aliphatic rings. The van der Waals surface area contributed by atoms with Crippen LogP contribution in [0.5, 0.6) is 0 Å². The zero-order valence-corrected chi connectivity index (χ0v) is 10.1. The van der Waals surface area contributed by atoms with E-state index in [1.165, 1.54) is 25.7 Å². The molecular formula is C13H26. The molecule has 0 saturated heterocycles. The molecule has 2 atom stereocenters. The van der Waals surface area contributed by atoms with E-state index in [0.717, 1.165) is 17.8 Å². The van der Waals surface area contributed by atoms with Crippen LogP contribution in [0.4, 0.5) is 0 Å². The smallest absolute Gasteiger partial charge is 0.0297 e. The molecule has 0 heteroatoms. The fourth-order valence-corrected chi connectivity index (χ4v) is 2.99. The van der Waals surface area contributed by atoms with Crippen LogP contribution in [0.2, 0.25) is 0 Å². The Hall–Kier alpha value is 0. The first-order valence-corrected chi connectivity index (χ1v) is 6.02. The van der Waals surface area contributed by atoms with Gasteiger partial charge in [0.1, 0.15) is 0 Å². The Kier molecular flexibility index (Phi) is 3.43. The molecule has 3 aliphatic carbocycles. The fourth-order valence-electron chi connectivity index (χ4n) is 2.99. The lowest BCUT2D eigenvalue weighted by Gasteiger charge is -2.58. The molecule has 0 N–H and O–H groups in total. The summed E-state index contributed by atoms with van der Waals surface area (Å²) < 4.78 is 0. The lowest BCUT2D eigenvalue weighted by molar-refractivity contribution is -0.0860. The molecule has 0 aromatic rings. The van der Waals surface area contributed by atoms with Gasteiger partial charge in [-0.25, -0.2) is 0 Å². The van der Waals surface area contributed by atoms with Crippen molar-refractivity contribution in [2.45, 2.75) is 60.3 Å². The summed E-state index contributed by atoms with van der Waals surface area (Å²) in [7, 11) is 0. The van der Waals surface area contributed by atoms with Gasteiger partial charge in [-0.3, -0.25) is 0 Å². The largest absolute Gasteiger partial charge is 0.0656 e. The van der Waals surface area contributed by atoms with Gasteiger partial charge < -0.3 is 0 Å². The molecule has 13 heavy (non-hydrogen) atoms. The summed E-state index contributed by atoms with van der Waals surface area (Å²) in [6.45, 7) is 11.6. The maximum atomic E-state index is 2.46. The second kappa shape index (κ2) is 4.02. The average Bonchev–Trinajstić information content (AvgIpc) is 2.05. The van der Waals surface area contributed by atoms with Crippen LogP contribution in [0.15, 0.2) is 0 Å². The summed E-state index contributed by atoms with van der Waals surface area (Å²) in [5.41, 5.74) is 0.715. The van der Waals surface area contributed by atoms with Crippen LogP contribution in [0.3, 0.4) is 0 Å². The minimum absolute atomic E-state index is 0.715. The van der Waals surface area contributed by atoms with Crippen molar-refractivity contribution in [1.82, 2.24) is 0 Å². The number of fused-ring (bicyclic) bond motifs is 2. The van der Waals surface area contributed by atoms with Crippen molar-refractivity contribution in [2.75, 3.05) is 0 Å². The third-order valence-electron chi connectivity index (χ3n) is 4.05. The van der Waals surface area contributed by atoms with Crippen LogP contribution in [0, 0.1) is 23.2 Å². The molecule has 0 radical (unpaired) electrons. The average molecular weight is 182 g/mol. The van der Waals surface area contributed by atoms with Crippen molar-refractivity contribution in [3.05, 3.63) is 0 Å². The van der Waals surface area contributed by atoms with Gasteiger partial charge in [-0.05, 0) is 42.4 Å². The van der Waals surface area contributed by atoms with Crippen LogP contribution in [-0.2, 0) is 0 Å². The summed E-state index contributed by atoms with van der Waals surface area (Å²) in [6, 6.07) is 0. The molecule has 3 fully saturated rings. The Labute approximate surface area is 84.1 Å². The van der Waals surface area contributed by atoms with E-state index in [-0.39, 0.29) is 0 Å². The predicted molar refractivity (Wildman–Crippen MR) is 59.7 cm³/mol. The third-order valence-corrected chi connectivity index (χ3v) is 4.05. The van der Waals surface area contributed by atoms with Crippen LogP contribution in [0.25, 0.3) is 0 Å². The normalized spacial score (nSPS) is 39.9. The lowest BCUT2D eigenvalue weighted by atomic mass is 9.47. The molecule has 0 heterocycles. The zero-order chi connectivity index (χ0) is 10.1. The number of rotatable bonds is 0. The van der Waals surface area contributed by atoms with Gasteiger partial charge in [0.2, 0.25) is 0 Å². The molecule has 78 valence electrons. The van der Waals surface area contributed by atoms with E-state index in [2.05, 4.69) is 34.6 Å². The summed E-state index contributed by atoms with van der Waals surface area (Å²) in [5.74, 6) is 3.17. The minimum Gasteiger partial charge on any atom is -0.0656 e. The van der Waals surface area contributed by atoms with Gasteiger partial charge in [0, 0.05) is 0 Å². The molecule has 0 aromatic heterocycles. The maximum Gasteiger partial charge on any atom is -0.0297 e. The SMILES string of the molecule is CC1CC2CC(C1)C2(C)C.CCC. The molecule has 0 aromatic carbocycles. The summed E-state index contributed by atoms with van der Waals surface area (Å²) in [5, 5.41) is 0. The van der Waals surface area contributed by atoms with Gasteiger partial charge in [0.15, 0.2) is 0 Å². The van der Waals surface area contributed by atoms with E-state index in [9.17, 15) is 0 Å². The highest BCUT2D eigenvalue weighted by molar-refractivity contribution is 5.01. The summed E-state index contributed by atoms with van der Waals surface area (Å²) in [4.78, 5) is 0. The Balaban J connectivity index is 0.000000251. The molecule has 2 unspecified atom stereocenters. The lowest BCUT2D eigenvalue weighted by Crippen LogP contribution is -2.50. The van der Waals surface area contributed by atoms with E-state index < -0.39 is 0 Å². The molecule has 0 nitrogen and oxygen atoms in total. The van der Waals surface area contributed by atoms with Crippen LogP contribution in [-0.4, -0.2) is 0 Å². The molecule has 3 rings (SSSR count). The molecule has 0 amide bonds.